The molecule has 0 spiro atoms. The second-order valence-electron chi connectivity index (χ2n) is 3.68. The average molecular weight is 269 g/mol. The van der Waals surface area contributed by atoms with Crippen LogP contribution in [0.5, 0.6) is 17.2 Å². The molecule has 0 aromatic heterocycles. The summed E-state index contributed by atoms with van der Waals surface area (Å²) >= 11 is 0. The van der Waals surface area contributed by atoms with Crippen molar-refractivity contribution >= 4 is 11.6 Å². The lowest BCUT2D eigenvalue weighted by Gasteiger charge is -2.14. The fourth-order valence-electron chi connectivity index (χ4n) is 1.44. The minimum Gasteiger partial charge on any atom is -0.493 e. The highest BCUT2D eigenvalue weighted by atomic mass is 16.5. The summed E-state index contributed by atoms with van der Waals surface area (Å²) in [5, 5.41) is 2.59. The number of amides is 1. The minimum atomic E-state index is -0.272. The third kappa shape index (κ3) is 4.22. The molecule has 1 amide bonds. The van der Waals surface area contributed by atoms with Gasteiger partial charge < -0.3 is 31.0 Å². The SMILES string of the molecule is COc1cc(N)cc(OC)c1OCC(=O)NCCN. The number of benzene rings is 1. The van der Waals surface area contributed by atoms with Gasteiger partial charge in [-0.1, -0.05) is 0 Å². The Morgan fingerprint density at radius 2 is 1.84 bits per heavy atom. The van der Waals surface area contributed by atoms with Crippen molar-refractivity contribution < 1.29 is 19.0 Å². The lowest BCUT2D eigenvalue weighted by molar-refractivity contribution is -0.123. The van der Waals surface area contributed by atoms with E-state index in [0.717, 1.165) is 0 Å². The Balaban J connectivity index is 2.78. The fourth-order valence-corrected chi connectivity index (χ4v) is 1.44. The molecule has 0 radical (unpaired) electrons. The number of carbonyl (C=O) groups is 1. The van der Waals surface area contributed by atoms with E-state index in [0.29, 0.717) is 36.0 Å². The molecule has 0 bridgehead atoms. The number of anilines is 1. The van der Waals surface area contributed by atoms with Crippen molar-refractivity contribution in [3.8, 4) is 17.2 Å². The summed E-state index contributed by atoms with van der Waals surface area (Å²) in [6, 6.07) is 3.19. The molecule has 0 saturated heterocycles. The molecule has 1 aromatic carbocycles. The highest BCUT2D eigenvalue weighted by molar-refractivity contribution is 5.77. The predicted molar refractivity (Wildman–Crippen MR) is 71.5 cm³/mol. The molecule has 1 rings (SSSR count). The molecule has 7 heteroatoms. The van der Waals surface area contributed by atoms with Crippen LogP contribution in [-0.2, 0) is 4.79 Å². The van der Waals surface area contributed by atoms with Crippen molar-refractivity contribution in [3.63, 3.8) is 0 Å². The standard InChI is InChI=1S/C12H19N3O4/c1-17-9-5-8(14)6-10(18-2)12(9)19-7-11(16)15-4-3-13/h5-6H,3-4,7,13-14H2,1-2H3,(H,15,16). The second-order valence-corrected chi connectivity index (χ2v) is 3.68. The molecule has 0 aliphatic carbocycles. The average Bonchev–Trinajstić information content (AvgIpc) is 2.42. The number of rotatable bonds is 7. The molecule has 19 heavy (non-hydrogen) atoms. The van der Waals surface area contributed by atoms with Crippen molar-refractivity contribution in [1.29, 1.82) is 0 Å². The minimum absolute atomic E-state index is 0.156. The van der Waals surface area contributed by atoms with E-state index in [4.69, 9.17) is 25.7 Å². The molecular weight excluding hydrogens is 250 g/mol. The Hall–Kier alpha value is -2.15. The van der Waals surface area contributed by atoms with Crippen LogP contribution < -0.4 is 31.0 Å². The van der Waals surface area contributed by atoms with E-state index in [9.17, 15) is 4.79 Å². The first kappa shape index (κ1) is 14.9. The van der Waals surface area contributed by atoms with E-state index in [1.165, 1.54) is 14.2 Å². The largest absolute Gasteiger partial charge is 0.493 e. The molecule has 1 aromatic rings. The second kappa shape index (κ2) is 7.32. The van der Waals surface area contributed by atoms with Crippen LogP contribution in [-0.4, -0.2) is 39.8 Å². The van der Waals surface area contributed by atoms with E-state index in [1.54, 1.807) is 12.1 Å². The Morgan fingerprint density at radius 3 is 2.32 bits per heavy atom. The fraction of sp³-hybridized carbons (Fsp3) is 0.417. The van der Waals surface area contributed by atoms with Gasteiger partial charge in [0.2, 0.25) is 5.75 Å². The molecule has 0 fully saturated rings. The van der Waals surface area contributed by atoms with Gasteiger partial charge in [-0.2, -0.15) is 0 Å². The zero-order valence-corrected chi connectivity index (χ0v) is 11.1. The summed E-state index contributed by atoms with van der Waals surface area (Å²) in [5.74, 6) is 0.875. The number of hydrogen-bond donors (Lipinski definition) is 3. The van der Waals surface area contributed by atoms with E-state index >= 15 is 0 Å². The van der Waals surface area contributed by atoms with Gasteiger partial charge in [0, 0.05) is 30.9 Å². The Morgan fingerprint density at radius 1 is 1.26 bits per heavy atom. The van der Waals surface area contributed by atoms with Gasteiger partial charge in [-0.25, -0.2) is 0 Å². The molecule has 0 atom stereocenters. The summed E-state index contributed by atoms with van der Waals surface area (Å²) in [7, 11) is 2.96. The van der Waals surface area contributed by atoms with E-state index in [1.807, 2.05) is 0 Å². The molecule has 0 unspecified atom stereocenters. The molecule has 7 nitrogen and oxygen atoms in total. The van der Waals surface area contributed by atoms with Crippen LogP contribution in [0.2, 0.25) is 0 Å². The molecule has 0 saturated carbocycles. The monoisotopic (exact) mass is 269 g/mol. The maximum atomic E-state index is 11.4. The van der Waals surface area contributed by atoms with Gasteiger partial charge in [-0.3, -0.25) is 4.79 Å². The van der Waals surface area contributed by atoms with Gasteiger partial charge >= 0.3 is 0 Å². The van der Waals surface area contributed by atoms with Crippen molar-refractivity contribution in [2.24, 2.45) is 5.73 Å². The van der Waals surface area contributed by atoms with Crippen molar-refractivity contribution in [1.82, 2.24) is 5.32 Å². The number of nitrogen functional groups attached to an aromatic ring is 1. The van der Waals surface area contributed by atoms with Crippen LogP contribution in [0.3, 0.4) is 0 Å². The Kier molecular flexibility index (Phi) is 5.74. The smallest absolute Gasteiger partial charge is 0.257 e. The van der Waals surface area contributed by atoms with Crippen LogP contribution in [0, 0.1) is 0 Å². The zero-order valence-electron chi connectivity index (χ0n) is 11.1. The molecule has 5 N–H and O–H groups in total. The zero-order chi connectivity index (χ0) is 14.3. The van der Waals surface area contributed by atoms with Gasteiger partial charge in [-0.15, -0.1) is 0 Å². The van der Waals surface area contributed by atoms with Gasteiger partial charge in [0.25, 0.3) is 5.91 Å². The molecular formula is C12H19N3O4. The maximum Gasteiger partial charge on any atom is 0.257 e. The van der Waals surface area contributed by atoms with Crippen LogP contribution in [0.15, 0.2) is 12.1 Å². The predicted octanol–water partition coefficient (Wildman–Crippen LogP) is -0.260. The number of ether oxygens (including phenoxy) is 3. The molecule has 0 aliphatic heterocycles. The lowest BCUT2D eigenvalue weighted by atomic mass is 10.2. The first-order chi connectivity index (χ1) is 9.12. The summed E-state index contributed by atoms with van der Waals surface area (Å²) in [5.41, 5.74) is 11.5. The quantitative estimate of drug-likeness (QED) is 0.588. The number of nitrogens with one attached hydrogen (secondary N) is 1. The van der Waals surface area contributed by atoms with Crippen LogP contribution in [0.25, 0.3) is 0 Å². The number of hydrogen-bond acceptors (Lipinski definition) is 6. The Labute approximate surface area is 111 Å². The lowest BCUT2D eigenvalue weighted by Crippen LogP contribution is -2.33. The van der Waals surface area contributed by atoms with Crippen LogP contribution in [0.1, 0.15) is 0 Å². The van der Waals surface area contributed by atoms with Crippen LogP contribution in [0.4, 0.5) is 5.69 Å². The third-order valence-corrected chi connectivity index (χ3v) is 2.30. The first-order valence-corrected chi connectivity index (χ1v) is 5.73. The number of nitrogens with two attached hydrogens (primary N) is 2. The van der Waals surface area contributed by atoms with Crippen molar-refractivity contribution in [3.05, 3.63) is 12.1 Å². The van der Waals surface area contributed by atoms with Crippen molar-refractivity contribution in [2.75, 3.05) is 39.6 Å². The van der Waals surface area contributed by atoms with Gasteiger partial charge in [0.15, 0.2) is 18.1 Å². The van der Waals surface area contributed by atoms with Gasteiger partial charge in [-0.05, 0) is 0 Å². The molecule has 0 heterocycles. The molecule has 0 aliphatic rings. The first-order valence-electron chi connectivity index (χ1n) is 5.73. The van der Waals surface area contributed by atoms with Gasteiger partial charge in [0.1, 0.15) is 0 Å². The highest BCUT2D eigenvalue weighted by Gasteiger charge is 2.14. The maximum absolute atomic E-state index is 11.4. The normalized spacial score (nSPS) is 9.84. The number of carbonyl (C=O) groups excluding carboxylic acids is 1. The topological polar surface area (TPSA) is 109 Å². The van der Waals surface area contributed by atoms with Crippen molar-refractivity contribution in [2.45, 2.75) is 0 Å². The summed E-state index contributed by atoms with van der Waals surface area (Å²) in [4.78, 5) is 11.4. The van der Waals surface area contributed by atoms with E-state index in [2.05, 4.69) is 5.32 Å². The summed E-state index contributed by atoms with van der Waals surface area (Å²) in [6.07, 6.45) is 0. The molecule has 106 valence electrons. The summed E-state index contributed by atoms with van der Waals surface area (Å²) < 4.78 is 15.7. The van der Waals surface area contributed by atoms with Gasteiger partial charge in [0.05, 0.1) is 14.2 Å². The third-order valence-electron chi connectivity index (χ3n) is 2.30. The number of methoxy groups -OCH3 is 2. The summed E-state index contributed by atoms with van der Waals surface area (Å²) in [6.45, 7) is 0.620. The Bertz CT molecular complexity index is 412. The van der Waals surface area contributed by atoms with Crippen LogP contribution >= 0.6 is 0 Å². The van der Waals surface area contributed by atoms with E-state index in [-0.39, 0.29) is 12.5 Å². The highest BCUT2D eigenvalue weighted by Crippen LogP contribution is 2.39. The van der Waals surface area contributed by atoms with E-state index < -0.39 is 0 Å².